The minimum Gasteiger partial charge on any atom is -0.358 e. The van der Waals surface area contributed by atoms with Gasteiger partial charge in [0.05, 0.1) is 0 Å². The molecule has 1 heteroatoms. The quantitative estimate of drug-likeness (QED) is 0.291. The van der Waals surface area contributed by atoms with Gasteiger partial charge in [0.2, 0.25) is 0 Å². The van der Waals surface area contributed by atoms with E-state index in [-0.39, 0.29) is 36.6 Å². The standard InChI is InChI=1S/C20H16.2CH3.Ti/c1-14(19-10-15-6-2-3-7-16(15)11-19)20-12-17-8-4-5-9-18(17)13-20;;;/h2-14H,1H3;2*1H3;/q-2;2*-1;+4. The monoisotopic (exact) mass is 334 g/mol. The summed E-state index contributed by atoms with van der Waals surface area (Å²) in [6.45, 7) is 2.29. The molecule has 0 nitrogen and oxygen atoms in total. The molecule has 0 amide bonds. The molecule has 4 aromatic rings. The molecule has 0 atom stereocenters. The SMILES string of the molecule is CC(c1cc2ccccc2[cH-]1)c1cc2ccccc2[cH-]1.[CH3-].[CH3-].[Ti+4]. The van der Waals surface area contributed by atoms with E-state index < -0.39 is 0 Å². The van der Waals surface area contributed by atoms with Crippen LogP contribution in [0, 0.1) is 14.9 Å². The summed E-state index contributed by atoms with van der Waals surface area (Å²) < 4.78 is 0. The zero-order valence-corrected chi connectivity index (χ0v) is 15.6. The van der Waals surface area contributed by atoms with Gasteiger partial charge in [-0.15, -0.1) is 81.2 Å². The van der Waals surface area contributed by atoms with Gasteiger partial charge >= 0.3 is 21.7 Å². The summed E-state index contributed by atoms with van der Waals surface area (Å²) in [4.78, 5) is 0. The molecule has 0 aliphatic carbocycles. The Bertz CT molecular complexity index is 739. The molecular weight excluding hydrogens is 312 g/mol. The molecule has 0 spiro atoms. The molecule has 0 saturated heterocycles. The molecule has 0 fully saturated rings. The zero-order valence-electron chi connectivity index (χ0n) is 14.0. The van der Waals surface area contributed by atoms with Crippen LogP contribution in [0.5, 0.6) is 0 Å². The van der Waals surface area contributed by atoms with Gasteiger partial charge in [0, 0.05) is 0 Å². The fraction of sp³-hybridized carbons (Fsp3) is 0.0909. The topological polar surface area (TPSA) is 0 Å². The molecule has 0 radical (unpaired) electrons. The molecule has 114 valence electrons. The molecule has 0 heterocycles. The number of benzene rings is 2. The second kappa shape index (κ2) is 7.77. The van der Waals surface area contributed by atoms with Crippen molar-refractivity contribution in [1.82, 2.24) is 0 Å². The Hall–Kier alpha value is -1.63. The van der Waals surface area contributed by atoms with Crippen molar-refractivity contribution in [2.75, 3.05) is 0 Å². The van der Waals surface area contributed by atoms with Crippen molar-refractivity contribution in [3.05, 3.63) is 98.8 Å². The Balaban J connectivity index is 0.000000882. The molecule has 0 bridgehead atoms. The van der Waals surface area contributed by atoms with Crippen LogP contribution < -0.4 is 0 Å². The molecular formula is C22H22Ti. The Labute approximate surface area is 154 Å². The predicted molar refractivity (Wildman–Crippen MR) is 99.4 cm³/mol. The van der Waals surface area contributed by atoms with Crippen molar-refractivity contribution in [3.8, 4) is 0 Å². The maximum Gasteiger partial charge on any atom is 4.00 e. The summed E-state index contributed by atoms with van der Waals surface area (Å²) >= 11 is 0. The number of hydrogen-bond donors (Lipinski definition) is 0. The van der Waals surface area contributed by atoms with Crippen LogP contribution in [-0.4, -0.2) is 0 Å². The van der Waals surface area contributed by atoms with E-state index >= 15 is 0 Å². The molecule has 0 unspecified atom stereocenters. The van der Waals surface area contributed by atoms with E-state index in [0.29, 0.717) is 5.92 Å². The van der Waals surface area contributed by atoms with Crippen molar-refractivity contribution in [3.63, 3.8) is 0 Å². The molecule has 0 aromatic heterocycles. The molecule has 4 rings (SSSR count). The first-order chi connectivity index (χ1) is 9.81. The van der Waals surface area contributed by atoms with Gasteiger partial charge in [-0.1, -0.05) is 19.1 Å². The summed E-state index contributed by atoms with van der Waals surface area (Å²) in [5.74, 6) is 0.440. The fourth-order valence-corrected chi connectivity index (χ4v) is 3.04. The third kappa shape index (κ3) is 3.49. The van der Waals surface area contributed by atoms with Crippen LogP contribution in [0.2, 0.25) is 0 Å². The zero-order chi connectivity index (χ0) is 13.5. The van der Waals surface area contributed by atoms with Crippen molar-refractivity contribution < 1.29 is 21.7 Å². The van der Waals surface area contributed by atoms with Gasteiger partial charge in [0.1, 0.15) is 0 Å². The van der Waals surface area contributed by atoms with Crippen LogP contribution in [0.3, 0.4) is 0 Å². The Morgan fingerprint density at radius 3 is 1.48 bits per heavy atom. The summed E-state index contributed by atoms with van der Waals surface area (Å²) in [7, 11) is 0. The maximum absolute atomic E-state index is 2.32. The second-order valence-electron chi connectivity index (χ2n) is 5.56. The number of rotatable bonds is 2. The average Bonchev–Trinajstić information content (AvgIpc) is 3.10. The van der Waals surface area contributed by atoms with E-state index in [4.69, 9.17) is 0 Å². The summed E-state index contributed by atoms with van der Waals surface area (Å²) in [5, 5.41) is 5.35. The van der Waals surface area contributed by atoms with Crippen molar-refractivity contribution in [2.45, 2.75) is 12.8 Å². The van der Waals surface area contributed by atoms with Gasteiger partial charge in [-0.05, 0) is 5.92 Å². The number of fused-ring (bicyclic) bond motifs is 2. The minimum absolute atomic E-state index is 0. The smallest absolute Gasteiger partial charge is 0.358 e. The Morgan fingerprint density at radius 2 is 1.09 bits per heavy atom. The summed E-state index contributed by atoms with van der Waals surface area (Å²) in [6.07, 6.45) is 0. The van der Waals surface area contributed by atoms with E-state index in [1.807, 2.05) is 0 Å². The van der Waals surface area contributed by atoms with Gasteiger partial charge in [-0.25, -0.2) is 0 Å². The molecule has 0 aliphatic rings. The first kappa shape index (κ1) is 19.4. The van der Waals surface area contributed by atoms with Crippen LogP contribution >= 0.6 is 0 Å². The van der Waals surface area contributed by atoms with E-state index in [2.05, 4.69) is 79.7 Å². The van der Waals surface area contributed by atoms with Crippen LogP contribution in [0.15, 0.2) is 72.8 Å². The third-order valence-electron chi connectivity index (χ3n) is 4.28. The van der Waals surface area contributed by atoms with Gasteiger partial charge < -0.3 is 14.9 Å². The average molecular weight is 334 g/mol. The van der Waals surface area contributed by atoms with Gasteiger partial charge in [0.25, 0.3) is 0 Å². The first-order valence-corrected chi connectivity index (χ1v) is 7.12. The molecule has 23 heavy (non-hydrogen) atoms. The van der Waals surface area contributed by atoms with E-state index in [1.54, 1.807) is 0 Å². The van der Waals surface area contributed by atoms with E-state index in [9.17, 15) is 0 Å². The van der Waals surface area contributed by atoms with Crippen molar-refractivity contribution in [1.29, 1.82) is 0 Å². The number of hydrogen-bond acceptors (Lipinski definition) is 0. The molecule has 0 saturated carbocycles. The Morgan fingerprint density at radius 1 is 0.696 bits per heavy atom. The Kier molecular flexibility index (Phi) is 6.56. The summed E-state index contributed by atoms with van der Waals surface area (Å²) in [6, 6.07) is 26.4. The normalized spacial score (nSPS) is 10.2. The third-order valence-corrected chi connectivity index (χ3v) is 4.28. The second-order valence-corrected chi connectivity index (χ2v) is 5.56. The van der Waals surface area contributed by atoms with E-state index in [0.717, 1.165) is 0 Å². The minimum atomic E-state index is 0. The van der Waals surface area contributed by atoms with Crippen LogP contribution in [0.4, 0.5) is 0 Å². The fourth-order valence-electron chi connectivity index (χ4n) is 3.04. The maximum atomic E-state index is 2.32. The first-order valence-electron chi connectivity index (χ1n) is 7.12. The van der Waals surface area contributed by atoms with Crippen molar-refractivity contribution in [2.24, 2.45) is 0 Å². The van der Waals surface area contributed by atoms with Crippen LogP contribution in [0.25, 0.3) is 21.5 Å². The van der Waals surface area contributed by atoms with Gasteiger partial charge in [0.15, 0.2) is 0 Å². The van der Waals surface area contributed by atoms with Crippen LogP contribution in [-0.2, 0) is 21.7 Å². The molecule has 0 aliphatic heterocycles. The van der Waals surface area contributed by atoms with Gasteiger partial charge in [-0.3, -0.25) is 0 Å². The largest absolute Gasteiger partial charge is 4.00 e. The summed E-state index contributed by atoms with van der Waals surface area (Å²) in [5.41, 5.74) is 2.81. The molecule has 0 N–H and O–H groups in total. The van der Waals surface area contributed by atoms with Gasteiger partial charge in [-0.2, -0.15) is 12.1 Å². The van der Waals surface area contributed by atoms with E-state index in [1.165, 1.54) is 32.7 Å². The van der Waals surface area contributed by atoms with Crippen molar-refractivity contribution >= 4 is 21.5 Å². The van der Waals surface area contributed by atoms with Crippen LogP contribution in [0.1, 0.15) is 24.0 Å². The molecule has 4 aromatic carbocycles. The predicted octanol–water partition coefficient (Wildman–Crippen LogP) is 6.48.